The number of hydrogen-bond donors (Lipinski definition) is 0. The van der Waals surface area contributed by atoms with E-state index in [0.717, 1.165) is 13.7 Å². The molecule has 0 spiro atoms. The van der Waals surface area contributed by atoms with Gasteiger partial charge in [-0.3, -0.25) is 0 Å². The number of hydrogen-bond acceptors (Lipinski definition) is 5. The van der Waals surface area contributed by atoms with Crippen LogP contribution in [-0.2, 0) is 20.6 Å². The lowest BCUT2D eigenvalue weighted by Gasteiger charge is -2.11. The van der Waals surface area contributed by atoms with E-state index in [1.807, 2.05) is 0 Å². The number of rotatable bonds is 2. The van der Waals surface area contributed by atoms with Crippen LogP contribution >= 0.6 is 15.9 Å². The normalized spacial score (nSPS) is 12.7. The molecule has 2 heterocycles. The molecule has 116 valence electrons. The van der Waals surface area contributed by atoms with Crippen molar-refractivity contribution in [2.24, 2.45) is 14.1 Å². The molecule has 0 atom stereocenters. The van der Waals surface area contributed by atoms with E-state index >= 15 is 0 Å². The van der Waals surface area contributed by atoms with E-state index in [1.54, 1.807) is 12.1 Å². The molecule has 1 aliphatic rings. The van der Waals surface area contributed by atoms with Crippen molar-refractivity contribution >= 4 is 15.9 Å². The third-order valence-corrected chi connectivity index (χ3v) is 4.22. The largest absolute Gasteiger partial charge is 0.454 e. The molecule has 9 heteroatoms. The monoisotopic (exact) mass is 369 g/mol. The molecular formula is C13H12BrN3O5. The Morgan fingerprint density at radius 2 is 1.55 bits per heavy atom. The maximum atomic E-state index is 12.2. The highest BCUT2D eigenvalue weighted by atomic mass is 79.9. The standard InChI is InChI=1S/C13H12BrN3O5/c1-15-11(18)16(2)13(20)17(12(15)19)5-7-3-9-10(4-8(7)14)22-6-21-9/h3-4H,5-6H2,1-2H3. The van der Waals surface area contributed by atoms with Crippen LogP contribution in [0.3, 0.4) is 0 Å². The lowest BCUT2D eigenvalue weighted by molar-refractivity contribution is 0.174. The van der Waals surface area contributed by atoms with E-state index < -0.39 is 17.1 Å². The van der Waals surface area contributed by atoms with Crippen molar-refractivity contribution in [3.05, 3.63) is 53.6 Å². The lowest BCUT2D eigenvalue weighted by atomic mass is 10.2. The van der Waals surface area contributed by atoms with Gasteiger partial charge in [0.25, 0.3) is 0 Å². The van der Waals surface area contributed by atoms with Crippen LogP contribution in [0, 0.1) is 0 Å². The van der Waals surface area contributed by atoms with Crippen LogP contribution < -0.4 is 26.5 Å². The van der Waals surface area contributed by atoms with Crippen molar-refractivity contribution < 1.29 is 9.47 Å². The third-order valence-electron chi connectivity index (χ3n) is 3.48. The smallest absolute Gasteiger partial charge is 0.336 e. The van der Waals surface area contributed by atoms with Gasteiger partial charge in [0.2, 0.25) is 6.79 Å². The predicted molar refractivity (Wildman–Crippen MR) is 80.6 cm³/mol. The first-order valence-corrected chi connectivity index (χ1v) is 7.14. The van der Waals surface area contributed by atoms with E-state index in [1.165, 1.54) is 14.1 Å². The van der Waals surface area contributed by atoms with Crippen LogP contribution in [0.2, 0.25) is 0 Å². The molecule has 1 aliphatic heterocycles. The average molecular weight is 370 g/mol. The molecule has 0 saturated heterocycles. The topological polar surface area (TPSA) is 84.5 Å². The van der Waals surface area contributed by atoms with Crippen LogP contribution in [0.25, 0.3) is 0 Å². The zero-order chi connectivity index (χ0) is 16.0. The second-order valence-electron chi connectivity index (χ2n) is 4.85. The van der Waals surface area contributed by atoms with Gasteiger partial charge in [-0.05, 0) is 17.7 Å². The summed E-state index contributed by atoms with van der Waals surface area (Å²) in [4.78, 5) is 36.0. The number of benzene rings is 1. The maximum absolute atomic E-state index is 12.2. The summed E-state index contributed by atoms with van der Waals surface area (Å²) in [5.41, 5.74) is -1.33. The Bertz CT molecular complexity index is 900. The lowest BCUT2D eigenvalue weighted by Crippen LogP contribution is -2.52. The summed E-state index contributed by atoms with van der Waals surface area (Å²) in [5.74, 6) is 1.14. The van der Waals surface area contributed by atoms with Crippen LogP contribution in [0.5, 0.6) is 11.5 Å². The minimum Gasteiger partial charge on any atom is -0.454 e. The molecule has 0 saturated carbocycles. The molecule has 0 bridgehead atoms. The molecule has 0 radical (unpaired) electrons. The first kappa shape index (κ1) is 14.6. The maximum Gasteiger partial charge on any atom is 0.336 e. The van der Waals surface area contributed by atoms with Gasteiger partial charge in [-0.2, -0.15) is 0 Å². The van der Waals surface area contributed by atoms with Crippen LogP contribution in [0.15, 0.2) is 31.0 Å². The van der Waals surface area contributed by atoms with Gasteiger partial charge in [0.05, 0.1) is 6.54 Å². The number of halogens is 1. The zero-order valence-electron chi connectivity index (χ0n) is 11.8. The van der Waals surface area contributed by atoms with Gasteiger partial charge >= 0.3 is 17.1 Å². The van der Waals surface area contributed by atoms with E-state index in [4.69, 9.17) is 9.47 Å². The van der Waals surface area contributed by atoms with Crippen molar-refractivity contribution in [2.75, 3.05) is 6.79 Å². The second kappa shape index (κ2) is 5.16. The summed E-state index contributed by atoms with van der Waals surface area (Å²) in [6, 6.07) is 3.42. The summed E-state index contributed by atoms with van der Waals surface area (Å²) in [6.45, 7) is 0.142. The fraction of sp³-hybridized carbons (Fsp3) is 0.308. The van der Waals surface area contributed by atoms with Gasteiger partial charge in [0.15, 0.2) is 11.5 Å². The van der Waals surface area contributed by atoms with Crippen LogP contribution in [-0.4, -0.2) is 20.5 Å². The second-order valence-corrected chi connectivity index (χ2v) is 5.70. The Labute approximate surface area is 132 Å². The summed E-state index contributed by atoms with van der Waals surface area (Å²) in [5, 5.41) is 0. The highest BCUT2D eigenvalue weighted by molar-refractivity contribution is 9.10. The summed E-state index contributed by atoms with van der Waals surface area (Å²) in [7, 11) is 2.66. The first-order valence-electron chi connectivity index (χ1n) is 6.35. The van der Waals surface area contributed by atoms with Gasteiger partial charge < -0.3 is 9.47 Å². The molecule has 1 aromatic heterocycles. The Morgan fingerprint density at radius 1 is 1.00 bits per heavy atom. The molecular weight excluding hydrogens is 358 g/mol. The van der Waals surface area contributed by atoms with E-state index in [0.29, 0.717) is 21.5 Å². The molecule has 0 amide bonds. The van der Waals surface area contributed by atoms with E-state index in [-0.39, 0.29) is 13.3 Å². The van der Waals surface area contributed by atoms with Crippen LogP contribution in [0.4, 0.5) is 0 Å². The average Bonchev–Trinajstić information content (AvgIpc) is 2.94. The molecule has 2 aromatic rings. The Balaban J connectivity index is 2.14. The van der Waals surface area contributed by atoms with Crippen molar-refractivity contribution in [1.82, 2.24) is 13.7 Å². The van der Waals surface area contributed by atoms with E-state index in [9.17, 15) is 14.4 Å². The van der Waals surface area contributed by atoms with E-state index in [2.05, 4.69) is 15.9 Å². The van der Waals surface area contributed by atoms with Crippen LogP contribution in [0.1, 0.15) is 5.56 Å². The first-order chi connectivity index (χ1) is 10.4. The predicted octanol–water partition coefficient (Wildman–Crippen LogP) is -0.215. The third kappa shape index (κ3) is 2.17. The zero-order valence-corrected chi connectivity index (χ0v) is 13.4. The van der Waals surface area contributed by atoms with Crippen molar-refractivity contribution in [3.63, 3.8) is 0 Å². The number of aromatic nitrogens is 3. The van der Waals surface area contributed by atoms with Gasteiger partial charge in [-0.1, -0.05) is 15.9 Å². The van der Waals surface area contributed by atoms with Gasteiger partial charge in [-0.15, -0.1) is 0 Å². The van der Waals surface area contributed by atoms with Crippen molar-refractivity contribution in [3.8, 4) is 11.5 Å². The van der Waals surface area contributed by atoms with Crippen molar-refractivity contribution in [1.29, 1.82) is 0 Å². The molecule has 8 nitrogen and oxygen atoms in total. The van der Waals surface area contributed by atoms with Gasteiger partial charge in [0.1, 0.15) is 0 Å². The summed E-state index contributed by atoms with van der Waals surface area (Å²) >= 11 is 3.38. The number of nitrogens with zero attached hydrogens (tertiary/aromatic N) is 3. The number of fused-ring (bicyclic) bond motifs is 1. The van der Waals surface area contributed by atoms with Gasteiger partial charge in [-0.25, -0.2) is 28.1 Å². The molecule has 3 rings (SSSR count). The molecule has 22 heavy (non-hydrogen) atoms. The quantitative estimate of drug-likeness (QED) is 0.730. The molecule has 1 aromatic carbocycles. The number of ether oxygens (including phenoxy) is 2. The minimum atomic E-state index is -0.669. The fourth-order valence-corrected chi connectivity index (χ4v) is 2.67. The molecule has 0 unspecified atom stereocenters. The fourth-order valence-electron chi connectivity index (χ4n) is 2.22. The minimum absolute atomic E-state index is 0.0108. The highest BCUT2D eigenvalue weighted by Gasteiger charge is 2.18. The van der Waals surface area contributed by atoms with Crippen molar-refractivity contribution in [2.45, 2.75) is 6.54 Å². The molecule has 0 aliphatic carbocycles. The molecule has 0 N–H and O–H groups in total. The molecule has 0 fully saturated rings. The Hall–Kier alpha value is -2.29. The van der Waals surface area contributed by atoms with Gasteiger partial charge in [0, 0.05) is 18.6 Å². The Morgan fingerprint density at radius 3 is 2.14 bits per heavy atom. The highest BCUT2D eigenvalue weighted by Crippen LogP contribution is 2.36. The SMILES string of the molecule is Cn1c(=O)n(C)c(=O)n(Cc2cc3c(cc2Br)OCO3)c1=O. The summed E-state index contributed by atoms with van der Waals surface area (Å²) in [6.07, 6.45) is 0. The Kier molecular flexibility index (Phi) is 3.44. The summed E-state index contributed by atoms with van der Waals surface area (Å²) < 4.78 is 14.0.